The molecule has 1 fully saturated rings. The molecule has 0 spiro atoms. The van der Waals surface area contributed by atoms with Gasteiger partial charge in [0.2, 0.25) is 0 Å². The molecule has 0 aromatic carbocycles. The van der Waals surface area contributed by atoms with Crippen LogP contribution in [0.3, 0.4) is 0 Å². The summed E-state index contributed by atoms with van der Waals surface area (Å²) in [6.07, 6.45) is 17.5. The van der Waals surface area contributed by atoms with E-state index in [0.29, 0.717) is 0 Å². The molecule has 22 heavy (non-hydrogen) atoms. The minimum absolute atomic E-state index is 0.831. The van der Waals surface area contributed by atoms with Gasteiger partial charge in [-0.05, 0) is 38.3 Å². The predicted octanol–water partition coefficient (Wildman–Crippen LogP) is 6.70. The molecule has 0 atom stereocenters. The number of hydrogen-bond donors (Lipinski definition) is 0. The number of ether oxygens (including phenoxy) is 1. The molecule has 0 N–H and O–H groups in total. The van der Waals surface area contributed by atoms with E-state index >= 15 is 0 Å². The van der Waals surface area contributed by atoms with Gasteiger partial charge in [-0.3, -0.25) is 0 Å². The lowest BCUT2D eigenvalue weighted by Crippen LogP contribution is -2.05. The van der Waals surface area contributed by atoms with Crippen LogP contribution in [0.15, 0.2) is 85.3 Å². The molecule has 1 heterocycles. The molecule has 1 rings (SSSR count). The molecule has 0 aromatic rings. The Balaban J connectivity index is 0. The van der Waals surface area contributed by atoms with Gasteiger partial charge in [0.1, 0.15) is 5.76 Å². The Hall–Kier alpha value is -2.02. The van der Waals surface area contributed by atoms with Crippen LogP contribution in [0.1, 0.15) is 40.5 Å². The summed E-state index contributed by atoms with van der Waals surface area (Å²) in [4.78, 5) is 0. The summed E-state index contributed by atoms with van der Waals surface area (Å²) in [6, 6.07) is 0. The summed E-state index contributed by atoms with van der Waals surface area (Å²) >= 11 is 0. The van der Waals surface area contributed by atoms with Crippen molar-refractivity contribution in [2.45, 2.75) is 40.5 Å². The van der Waals surface area contributed by atoms with Crippen LogP contribution in [-0.4, -0.2) is 6.61 Å². The Bertz CT molecular complexity index is 431. The van der Waals surface area contributed by atoms with Gasteiger partial charge in [0.15, 0.2) is 0 Å². The highest BCUT2D eigenvalue weighted by molar-refractivity contribution is 5.32. The summed E-state index contributed by atoms with van der Waals surface area (Å²) in [6.45, 7) is 19.6. The molecule has 1 nitrogen and oxygen atoms in total. The molecule has 0 saturated carbocycles. The molecule has 0 aromatic heterocycles. The number of rotatable bonds is 4. The topological polar surface area (TPSA) is 9.23 Å². The summed E-state index contributed by atoms with van der Waals surface area (Å²) in [7, 11) is 0. The Morgan fingerprint density at radius 3 is 2.23 bits per heavy atom. The minimum atomic E-state index is 0.831. The zero-order valence-corrected chi connectivity index (χ0v) is 14.8. The Kier molecular flexibility index (Phi) is 17.2. The van der Waals surface area contributed by atoms with Crippen LogP contribution >= 0.6 is 0 Å². The van der Waals surface area contributed by atoms with E-state index in [-0.39, 0.29) is 0 Å². The summed E-state index contributed by atoms with van der Waals surface area (Å²) in [5.74, 6) is 0.990. The first kappa shape index (κ1) is 22.3. The molecule has 0 aliphatic carbocycles. The number of hydrogen-bond acceptors (Lipinski definition) is 1. The zero-order valence-electron chi connectivity index (χ0n) is 14.8. The quantitative estimate of drug-likeness (QED) is 0.525. The molecule has 1 saturated heterocycles. The van der Waals surface area contributed by atoms with E-state index in [1.54, 1.807) is 12.2 Å². The fourth-order valence-electron chi connectivity index (χ4n) is 1.56. The van der Waals surface area contributed by atoms with E-state index < -0.39 is 0 Å². The van der Waals surface area contributed by atoms with Crippen LogP contribution in [0.4, 0.5) is 0 Å². The second-order valence-electron chi connectivity index (χ2n) is 4.29. The van der Waals surface area contributed by atoms with E-state index in [4.69, 9.17) is 4.74 Å². The third-order valence-electron chi connectivity index (χ3n) is 2.63. The summed E-state index contributed by atoms with van der Waals surface area (Å²) in [5.41, 5.74) is 2.40. The highest BCUT2D eigenvalue weighted by atomic mass is 16.5. The van der Waals surface area contributed by atoms with Crippen molar-refractivity contribution in [2.24, 2.45) is 0 Å². The average Bonchev–Trinajstić information content (AvgIpc) is 2.57. The monoisotopic (exact) mass is 300 g/mol. The van der Waals surface area contributed by atoms with Crippen molar-refractivity contribution in [3.63, 3.8) is 0 Å². The minimum Gasteiger partial charge on any atom is -0.493 e. The zero-order chi connectivity index (χ0) is 17.2. The van der Waals surface area contributed by atoms with Crippen LogP contribution in [0.5, 0.6) is 0 Å². The first-order valence-electron chi connectivity index (χ1n) is 7.89. The molecule has 0 amide bonds. The molecular formula is C21H32O. The average molecular weight is 300 g/mol. The highest BCUT2D eigenvalue weighted by Crippen LogP contribution is 2.23. The van der Waals surface area contributed by atoms with Gasteiger partial charge >= 0.3 is 0 Å². The smallest absolute Gasteiger partial charge is 0.122 e. The largest absolute Gasteiger partial charge is 0.493 e. The lowest BCUT2D eigenvalue weighted by Gasteiger charge is -2.18. The Labute approximate surface area is 137 Å². The van der Waals surface area contributed by atoms with Gasteiger partial charge in [0.25, 0.3) is 0 Å². The van der Waals surface area contributed by atoms with Crippen LogP contribution < -0.4 is 0 Å². The molecule has 1 aliphatic heterocycles. The highest BCUT2D eigenvalue weighted by Gasteiger charge is 2.10. The summed E-state index contributed by atoms with van der Waals surface area (Å²) < 4.78 is 5.54. The van der Waals surface area contributed by atoms with E-state index in [0.717, 1.165) is 30.8 Å². The van der Waals surface area contributed by atoms with Crippen molar-refractivity contribution in [2.75, 3.05) is 6.61 Å². The maximum atomic E-state index is 5.54. The standard InChI is InChI=1S/C12H16O.C7H10.C2H6/c1-3-5-9-12-11(7-4-2)8-6-10-13-12;1-4-6-7(3)5-2;1-2/h3-5,7,9H,2,6,8,10H2,1H3;4-6H,1-2H2,3H3;1-2H3/b5-3-,11-7-,12-9+;7-6-;. The van der Waals surface area contributed by atoms with E-state index in [1.165, 1.54) is 5.57 Å². The first-order chi connectivity index (χ1) is 10.7. The maximum absolute atomic E-state index is 5.54. The van der Waals surface area contributed by atoms with E-state index in [2.05, 4.69) is 19.7 Å². The third kappa shape index (κ3) is 11.8. The van der Waals surface area contributed by atoms with Crippen LogP contribution in [0, 0.1) is 0 Å². The van der Waals surface area contributed by atoms with Gasteiger partial charge in [-0.2, -0.15) is 0 Å². The molecular weight excluding hydrogens is 268 g/mol. The normalized spacial score (nSPS) is 17.7. The van der Waals surface area contributed by atoms with Crippen LogP contribution in [-0.2, 0) is 4.74 Å². The van der Waals surface area contributed by atoms with Crippen molar-refractivity contribution in [3.8, 4) is 0 Å². The van der Waals surface area contributed by atoms with Gasteiger partial charge in [-0.15, -0.1) is 0 Å². The van der Waals surface area contributed by atoms with Gasteiger partial charge < -0.3 is 4.74 Å². The van der Waals surface area contributed by atoms with Gasteiger partial charge in [-0.25, -0.2) is 0 Å². The molecule has 1 aliphatic rings. The lowest BCUT2D eigenvalue weighted by molar-refractivity contribution is 0.194. The molecule has 122 valence electrons. The predicted molar refractivity (Wildman–Crippen MR) is 102 cm³/mol. The third-order valence-corrected chi connectivity index (χ3v) is 2.63. The number of allylic oxidation sites excluding steroid dienone is 10. The van der Waals surface area contributed by atoms with Crippen molar-refractivity contribution in [1.82, 2.24) is 0 Å². The van der Waals surface area contributed by atoms with Crippen LogP contribution in [0.2, 0.25) is 0 Å². The second kappa shape index (κ2) is 17.0. The maximum Gasteiger partial charge on any atom is 0.122 e. The van der Waals surface area contributed by atoms with Crippen molar-refractivity contribution in [3.05, 3.63) is 85.3 Å². The fourth-order valence-corrected chi connectivity index (χ4v) is 1.56. The Morgan fingerprint density at radius 2 is 1.77 bits per heavy atom. The molecule has 1 heteroatoms. The van der Waals surface area contributed by atoms with Gasteiger partial charge in [-0.1, -0.05) is 81.7 Å². The molecule has 0 radical (unpaired) electrons. The Morgan fingerprint density at radius 1 is 1.09 bits per heavy atom. The van der Waals surface area contributed by atoms with Crippen molar-refractivity contribution < 1.29 is 4.74 Å². The van der Waals surface area contributed by atoms with Crippen molar-refractivity contribution in [1.29, 1.82) is 0 Å². The first-order valence-corrected chi connectivity index (χ1v) is 7.89. The summed E-state index contributed by atoms with van der Waals surface area (Å²) in [5, 5.41) is 0. The van der Waals surface area contributed by atoms with Crippen LogP contribution in [0.25, 0.3) is 0 Å². The SMILES string of the molecule is C=C/C=C(/C)C=C.C=C/C=C1/CCCO/C1=C/C=C\C.CC. The van der Waals surface area contributed by atoms with E-state index in [1.807, 2.05) is 64.2 Å². The van der Waals surface area contributed by atoms with Crippen molar-refractivity contribution >= 4 is 0 Å². The molecule has 0 unspecified atom stereocenters. The van der Waals surface area contributed by atoms with Gasteiger partial charge in [0.05, 0.1) is 6.61 Å². The second-order valence-corrected chi connectivity index (χ2v) is 4.29. The molecule has 0 bridgehead atoms. The van der Waals surface area contributed by atoms with E-state index in [9.17, 15) is 0 Å². The fraction of sp³-hybridized carbons (Fsp3) is 0.333. The van der Waals surface area contributed by atoms with Gasteiger partial charge in [0, 0.05) is 0 Å². The lowest BCUT2D eigenvalue weighted by atomic mass is 10.1.